The van der Waals surface area contributed by atoms with Gasteiger partial charge >= 0.3 is 0 Å². The molecule has 5 rings (SSSR count). The number of fused-ring (bicyclic) bond motifs is 2. The zero-order valence-corrected chi connectivity index (χ0v) is 19.6. The van der Waals surface area contributed by atoms with E-state index in [0.717, 1.165) is 50.1 Å². The largest absolute Gasteiger partial charge is 0.368 e. The molecule has 0 bridgehead atoms. The van der Waals surface area contributed by atoms with Gasteiger partial charge in [-0.3, -0.25) is 24.4 Å². The molecule has 0 amide bonds. The molecule has 1 aliphatic heterocycles. The van der Waals surface area contributed by atoms with Gasteiger partial charge in [0.2, 0.25) is 10.0 Å². The van der Waals surface area contributed by atoms with Crippen molar-refractivity contribution in [3.8, 4) is 0 Å². The third-order valence-electron chi connectivity index (χ3n) is 6.04. The molecule has 1 N–H and O–H groups in total. The first kappa shape index (κ1) is 22.2. The summed E-state index contributed by atoms with van der Waals surface area (Å²) >= 11 is 0. The van der Waals surface area contributed by atoms with E-state index >= 15 is 0 Å². The SMILES string of the molecule is CS(=O)(=O)Nc1ccc2ccc3ncc(N4CCN(Cc5cccnc5)CC4)cc3c(=O)c2c1. The monoisotopic (exact) mass is 475 g/mol. The second-order valence-electron chi connectivity index (χ2n) is 8.59. The predicted molar refractivity (Wildman–Crippen MR) is 136 cm³/mol. The van der Waals surface area contributed by atoms with Crippen molar-refractivity contribution in [1.29, 1.82) is 0 Å². The molecule has 0 spiro atoms. The van der Waals surface area contributed by atoms with Gasteiger partial charge in [0.25, 0.3) is 0 Å². The fourth-order valence-electron chi connectivity index (χ4n) is 4.36. The van der Waals surface area contributed by atoms with Crippen LogP contribution in [0.3, 0.4) is 0 Å². The van der Waals surface area contributed by atoms with Crippen molar-refractivity contribution in [2.45, 2.75) is 6.54 Å². The van der Waals surface area contributed by atoms with Gasteiger partial charge in [0.15, 0.2) is 5.43 Å². The van der Waals surface area contributed by atoms with E-state index in [-0.39, 0.29) is 5.43 Å². The molecule has 0 radical (unpaired) electrons. The maximum Gasteiger partial charge on any atom is 0.229 e. The Hall–Kier alpha value is -3.56. The average molecular weight is 476 g/mol. The van der Waals surface area contributed by atoms with Crippen LogP contribution in [0.1, 0.15) is 5.56 Å². The van der Waals surface area contributed by atoms with Crippen LogP contribution >= 0.6 is 0 Å². The first-order valence-corrected chi connectivity index (χ1v) is 13.0. The lowest BCUT2D eigenvalue weighted by molar-refractivity contribution is 0.249. The molecule has 0 saturated carbocycles. The van der Waals surface area contributed by atoms with E-state index < -0.39 is 10.0 Å². The van der Waals surface area contributed by atoms with Crippen LogP contribution in [0.4, 0.5) is 11.4 Å². The number of nitrogens with one attached hydrogen (secondary N) is 1. The highest BCUT2D eigenvalue weighted by molar-refractivity contribution is 7.92. The smallest absolute Gasteiger partial charge is 0.229 e. The second-order valence-corrected chi connectivity index (χ2v) is 10.3. The summed E-state index contributed by atoms with van der Waals surface area (Å²) in [6.07, 6.45) is 6.59. The minimum atomic E-state index is -3.44. The predicted octanol–water partition coefficient (Wildman–Crippen LogP) is 2.84. The van der Waals surface area contributed by atoms with E-state index in [0.29, 0.717) is 22.0 Å². The van der Waals surface area contributed by atoms with Crippen molar-refractivity contribution >= 4 is 43.1 Å². The number of rotatable bonds is 5. The fraction of sp³-hybridized carbons (Fsp3) is 0.240. The van der Waals surface area contributed by atoms with Crippen molar-refractivity contribution in [3.63, 3.8) is 0 Å². The number of piperazine rings is 1. The lowest BCUT2D eigenvalue weighted by atomic mass is 10.1. The van der Waals surface area contributed by atoms with Crippen LogP contribution < -0.4 is 15.1 Å². The van der Waals surface area contributed by atoms with Gasteiger partial charge in [-0.15, -0.1) is 0 Å². The summed E-state index contributed by atoms with van der Waals surface area (Å²) in [5.74, 6) is 0. The molecule has 4 aromatic rings. The van der Waals surface area contributed by atoms with E-state index in [2.05, 4.69) is 30.6 Å². The average Bonchev–Trinajstić information content (AvgIpc) is 2.96. The number of hydrogen-bond acceptors (Lipinski definition) is 7. The third-order valence-corrected chi connectivity index (χ3v) is 6.64. The van der Waals surface area contributed by atoms with Gasteiger partial charge in [-0.05, 0) is 41.3 Å². The van der Waals surface area contributed by atoms with Gasteiger partial charge in [-0.25, -0.2) is 8.42 Å². The van der Waals surface area contributed by atoms with Gasteiger partial charge in [0.1, 0.15) is 0 Å². The summed E-state index contributed by atoms with van der Waals surface area (Å²) in [5, 5.41) is 1.69. The molecule has 3 heterocycles. The van der Waals surface area contributed by atoms with E-state index in [9.17, 15) is 13.2 Å². The number of benzene rings is 1. The molecule has 34 heavy (non-hydrogen) atoms. The highest BCUT2D eigenvalue weighted by Crippen LogP contribution is 2.23. The first-order valence-electron chi connectivity index (χ1n) is 11.1. The molecule has 1 fully saturated rings. The van der Waals surface area contributed by atoms with Gasteiger partial charge < -0.3 is 4.90 Å². The number of sulfonamides is 1. The van der Waals surface area contributed by atoms with Crippen molar-refractivity contribution < 1.29 is 8.42 Å². The molecule has 1 saturated heterocycles. The molecular formula is C25H25N5O3S. The minimum absolute atomic E-state index is 0.170. The molecule has 9 heteroatoms. The quantitative estimate of drug-likeness (QED) is 0.474. The standard InChI is InChI=1S/C25H25N5O3S/c1-34(32,33)28-20-6-4-19-5-7-24-23(25(31)22(19)13-20)14-21(16-27-24)30-11-9-29(10-12-30)17-18-3-2-8-26-15-18/h2-8,13-16,28H,9-12,17H2,1H3. The first-order chi connectivity index (χ1) is 16.4. The zero-order chi connectivity index (χ0) is 23.7. The Labute approximate surface area is 197 Å². The molecule has 0 unspecified atom stereocenters. The Morgan fingerprint density at radius 2 is 1.76 bits per heavy atom. The Morgan fingerprint density at radius 1 is 0.971 bits per heavy atom. The van der Waals surface area contributed by atoms with Crippen LogP contribution in [-0.4, -0.2) is 55.7 Å². The summed E-state index contributed by atoms with van der Waals surface area (Å²) in [7, 11) is -3.44. The lowest BCUT2D eigenvalue weighted by Gasteiger charge is -2.36. The number of hydrogen-bond donors (Lipinski definition) is 1. The van der Waals surface area contributed by atoms with Crippen LogP contribution in [0.2, 0.25) is 0 Å². The summed E-state index contributed by atoms with van der Waals surface area (Å²) < 4.78 is 25.7. The highest BCUT2D eigenvalue weighted by atomic mass is 32.2. The number of aromatic nitrogens is 2. The molecule has 8 nitrogen and oxygen atoms in total. The van der Waals surface area contributed by atoms with E-state index in [1.165, 1.54) is 5.56 Å². The maximum atomic E-state index is 13.4. The second kappa shape index (κ2) is 9.00. The number of nitrogens with zero attached hydrogens (tertiary/aromatic N) is 4. The van der Waals surface area contributed by atoms with Gasteiger partial charge in [-0.2, -0.15) is 0 Å². The summed E-state index contributed by atoms with van der Waals surface area (Å²) in [5.41, 5.74) is 2.91. The molecule has 2 aromatic carbocycles. The normalized spacial score (nSPS) is 15.0. The Morgan fingerprint density at radius 3 is 2.50 bits per heavy atom. The van der Waals surface area contributed by atoms with E-state index in [4.69, 9.17) is 0 Å². The zero-order valence-electron chi connectivity index (χ0n) is 18.8. The van der Waals surface area contributed by atoms with E-state index in [1.807, 2.05) is 36.7 Å². The number of anilines is 2. The van der Waals surface area contributed by atoms with Crippen LogP contribution in [0, 0.1) is 0 Å². The van der Waals surface area contributed by atoms with Crippen molar-refractivity contribution in [1.82, 2.24) is 14.9 Å². The van der Waals surface area contributed by atoms with Crippen molar-refractivity contribution in [2.75, 3.05) is 42.1 Å². The van der Waals surface area contributed by atoms with Crippen molar-refractivity contribution in [2.24, 2.45) is 0 Å². The van der Waals surface area contributed by atoms with Crippen LogP contribution in [0.15, 0.2) is 71.9 Å². The van der Waals surface area contributed by atoms with Crippen molar-refractivity contribution in [3.05, 3.63) is 82.9 Å². The molecule has 174 valence electrons. The molecule has 1 aliphatic rings. The summed E-state index contributed by atoms with van der Waals surface area (Å²) in [6, 6.07) is 14.6. The third kappa shape index (κ3) is 4.85. The summed E-state index contributed by atoms with van der Waals surface area (Å²) in [4.78, 5) is 26.9. The van der Waals surface area contributed by atoms with Gasteiger partial charge in [-0.1, -0.05) is 18.2 Å². The van der Waals surface area contributed by atoms with Gasteiger partial charge in [0, 0.05) is 56.2 Å². The molecule has 0 atom stereocenters. The van der Waals surface area contributed by atoms with Crippen LogP contribution in [0.5, 0.6) is 0 Å². The molecule has 0 aliphatic carbocycles. The van der Waals surface area contributed by atoms with Gasteiger partial charge in [0.05, 0.1) is 29.0 Å². The maximum absolute atomic E-state index is 13.4. The molecule has 2 aromatic heterocycles. The number of pyridine rings is 2. The topological polar surface area (TPSA) is 95.5 Å². The Bertz CT molecular complexity index is 1520. The Balaban J connectivity index is 1.43. The van der Waals surface area contributed by atoms with Crippen LogP contribution in [0.25, 0.3) is 21.7 Å². The lowest BCUT2D eigenvalue weighted by Crippen LogP contribution is -2.46. The fourth-order valence-corrected chi connectivity index (χ4v) is 4.91. The highest BCUT2D eigenvalue weighted by Gasteiger charge is 2.18. The van der Waals surface area contributed by atoms with Crippen LogP contribution in [-0.2, 0) is 16.6 Å². The molecular weight excluding hydrogens is 450 g/mol. The van der Waals surface area contributed by atoms with E-state index in [1.54, 1.807) is 24.4 Å². The summed E-state index contributed by atoms with van der Waals surface area (Å²) in [6.45, 7) is 4.36. The Kier molecular flexibility index (Phi) is 5.89. The minimum Gasteiger partial charge on any atom is -0.368 e.